The summed E-state index contributed by atoms with van der Waals surface area (Å²) in [6, 6.07) is 5.54. The topological polar surface area (TPSA) is 62.9 Å². The Morgan fingerprint density at radius 1 is 1.53 bits per heavy atom. The maximum Gasteiger partial charge on any atom is 0.227 e. The molecule has 19 heavy (non-hydrogen) atoms. The van der Waals surface area contributed by atoms with E-state index in [1.54, 1.807) is 24.3 Å². The molecular weight excluding hydrogens is 246 g/mol. The van der Waals surface area contributed by atoms with Gasteiger partial charge in [-0.3, -0.25) is 4.79 Å². The zero-order valence-corrected chi connectivity index (χ0v) is 10.6. The lowest BCUT2D eigenvalue weighted by atomic mass is 10.1. The van der Waals surface area contributed by atoms with Gasteiger partial charge in [0.2, 0.25) is 5.91 Å². The maximum atomic E-state index is 12.0. The van der Waals surface area contributed by atoms with Gasteiger partial charge in [-0.25, -0.2) is 0 Å². The number of hydrogen-bond acceptors (Lipinski definition) is 4. The molecule has 0 bridgehead atoms. The number of benzene rings is 1. The van der Waals surface area contributed by atoms with Crippen molar-refractivity contribution >= 4 is 16.9 Å². The standard InChI is InChI=1S/C14H15NO4/c1-18-11-2-3-12-9(8-19-13(12)5-11)4-14(17)15-6-10(16)7-15/h2-3,5,8,10,16H,4,6-7H2,1H3. The predicted octanol–water partition coefficient (Wildman–Crippen LogP) is 1.19. The van der Waals surface area contributed by atoms with Crippen LogP contribution in [0.3, 0.4) is 0 Å². The molecule has 0 radical (unpaired) electrons. The Labute approximate surface area is 110 Å². The molecule has 5 heteroatoms. The second kappa shape index (κ2) is 4.59. The first kappa shape index (κ1) is 12.0. The Balaban J connectivity index is 1.79. The SMILES string of the molecule is COc1ccc2c(CC(=O)N3CC(O)C3)coc2c1. The molecule has 1 aromatic carbocycles. The second-order valence-corrected chi connectivity index (χ2v) is 4.75. The van der Waals surface area contributed by atoms with Gasteiger partial charge in [0.15, 0.2) is 0 Å². The molecule has 0 saturated carbocycles. The van der Waals surface area contributed by atoms with Crippen molar-refractivity contribution < 1.29 is 19.1 Å². The summed E-state index contributed by atoms with van der Waals surface area (Å²) in [4.78, 5) is 13.6. The number of rotatable bonds is 3. The molecule has 1 aromatic heterocycles. The number of hydrogen-bond donors (Lipinski definition) is 1. The average molecular weight is 261 g/mol. The highest BCUT2D eigenvalue weighted by atomic mass is 16.5. The van der Waals surface area contributed by atoms with Gasteiger partial charge < -0.3 is 19.2 Å². The van der Waals surface area contributed by atoms with E-state index in [0.717, 1.165) is 16.7 Å². The van der Waals surface area contributed by atoms with E-state index >= 15 is 0 Å². The first-order valence-corrected chi connectivity index (χ1v) is 6.17. The van der Waals surface area contributed by atoms with Gasteiger partial charge in [0.1, 0.15) is 11.3 Å². The summed E-state index contributed by atoms with van der Waals surface area (Å²) in [5.74, 6) is 0.745. The van der Waals surface area contributed by atoms with Crippen LogP contribution in [-0.4, -0.2) is 42.2 Å². The number of ether oxygens (including phenoxy) is 1. The normalized spacial score (nSPS) is 15.6. The van der Waals surface area contributed by atoms with Crippen LogP contribution in [0.25, 0.3) is 11.0 Å². The number of amides is 1. The van der Waals surface area contributed by atoms with Crippen LogP contribution < -0.4 is 4.74 Å². The fraction of sp³-hybridized carbons (Fsp3) is 0.357. The van der Waals surface area contributed by atoms with E-state index in [0.29, 0.717) is 25.1 Å². The number of aliphatic hydroxyl groups excluding tert-OH is 1. The molecule has 2 heterocycles. The largest absolute Gasteiger partial charge is 0.497 e. The van der Waals surface area contributed by atoms with Crippen molar-refractivity contribution in [3.05, 3.63) is 30.0 Å². The highest BCUT2D eigenvalue weighted by molar-refractivity contribution is 5.88. The quantitative estimate of drug-likeness (QED) is 0.901. The first-order chi connectivity index (χ1) is 9.17. The molecule has 1 aliphatic heterocycles. The summed E-state index contributed by atoms with van der Waals surface area (Å²) in [6.07, 6.45) is 1.54. The number of nitrogens with zero attached hydrogens (tertiary/aromatic N) is 1. The van der Waals surface area contributed by atoms with Crippen LogP contribution in [0, 0.1) is 0 Å². The smallest absolute Gasteiger partial charge is 0.227 e. The van der Waals surface area contributed by atoms with Crippen LogP contribution in [0.2, 0.25) is 0 Å². The molecular formula is C14H15NO4. The summed E-state index contributed by atoms with van der Waals surface area (Å²) in [6.45, 7) is 0.866. The lowest BCUT2D eigenvalue weighted by Crippen LogP contribution is -2.53. The van der Waals surface area contributed by atoms with Gasteiger partial charge in [-0.15, -0.1) is 0 Å². The molecule has 1 amide bonds. The molecule has 1 N–H and O–H groups in total. The third kappa shape index (κ3) is 2.17. The van der Waals surface area contributed by atoms with Crippen LogP contribution in [0.5, 0.6) is 5.75 Å². The monoisotopic (exact) mass is 261 g/mol. The van der Waals surface area contributed by atoms with E-state index in [2.05, 4.69) is 0 Å². The van der Waals surface area contributed by atoms with Crippen molar-refractivity contribution in [3.8, 4) is 5.75 Å². The minimum atomic E-state index is -0.366. The van der Waals surface area contributed by atoms with E-state index in [1.165, 1.54) is 0 Å². The van der Waals surface area contributed by atoms with E-state index in [-0.39, 0.29) is 12.0 Å². The summed E-state index contributed by atoms with van der Waals surface area (Å²) < 4.78 is 10.6. The van der Waals surface area contributed by atoms with Gasteiger partial charge in [-0.05, 0) is 12.1 Å². The lowest BCUT2D eigenvalue weighted by Gasteiger charge is -2.35. The predicted molar refractivity (Wildman–Crippen MR) is 69.1 cm³/mol. The van der Waals surface area contributed by atoms with Gasteiger partial charge in [-0.2, -0.15) is 0 Å². The van der Waals surface area contributed by atoms with E-state index in [9.17, 15) is 9.90 Å². The van der Waals surface area contributed by atoms with Gasteiger partial charge in [0.05, 0.1) is 25.9 Å². The number of likely N-dealkylation sites (tertiary alicyclic amines) is 1. The van der Waals surface area contributed by atoms with E-state index in [4.69, 9.17) is 9.15 Å². The lowest BCUT2D eigenvalue weighted by molar-refractivity contribution is -0.140. The van der Waals surface area contributed by atoms with Gasteiger partial charge >= 0.3 is 0 Å². The fourth-order valence-corrected chi connectivity index (χ4v) is 2.26. The highest BCUT2D eigenvalue weighted by Gasteiger charge is 2.29. The van der Waals surface area contributed by atoms with E-state index in [1.807, 2.05) is 12.1 Å². The molecule has 1 fully saturated rings. The molecule has 5 nitrogen and oxygen atoms in total. The van der Waals surface area contributed by atoms with Gasteiger partial charge in [0, 0.05) is 30.1 Å². The Morgan fingerprint density at radius 2 is 2.32 bits per heavy atom. The van der Waals surface area contributed by atoms with Gasteiger partial charge in [0.25, 0.3) is 0 Å². The molecule has 2 aromatic rings. The minimum absolute atomic E-state index is 0.0174. The fourth-order valence-electron chi connectivity index (χ4n) is 2.26. The third-order valence-corrected chi connectivity index (χ3v) is 3.42. The molecule has 1 saturated heterocycles. The summed E-state index contributed by atoms with van der Waals surface area (Å²) >= 11 is 0. The number of aliphatic hydroxyl groups is 1. The van der Waals surface area contributed by atoms with Crippen molar-refractivity contribution in [1.82, 2.24) is 4.90 Å². The summed E-state index contributed by atoms with van der Waals surface area (Å²) in [5.41, 5.74) is 1.58. The minimum Gasteiger partial charge on any atom is -0.497 e. The Bertz CT molecular complexity index is 613. The number of methoxy groups -OCH3 is 1. The molecule has 0 atom stereocenters. The highest BCUT2D eigenvalue weighted by Crippen LogP contribution is 2.26. The van der Waals surface area contributed by atoms with Crippen LogP contribution in [-0.2, 0) is 11.2 Å². The van der Waals surface area contributed by atoms with Gasteiger partial charge in [-0.1, -0.05) is 0 Å². The van der Waals surface area contributed by atoms with Crippen LogP contribution in [0.15, 0.2) is 28.9 Å². The van der Waals surface area contributed by atoms with Crippen molar-refractivity contribution in [2.45, 2.75) is 12.5 Å². The number of furan rings is 1. The maximum absolute atomic E-state index is 12.0. The van der Waals surface area contributed by atoms with Crippen LogP contribution >= 0.6 is 0 Å². The molecule has 1 aliphatic rings. The zero-order valence-electron chi connectivity index (χ0n) is 10.6. The molecule has 100 valence electrons. The molecule has 3 rings (SSSR count). The third-order valence-electron chi connectivity index (χ3n) is 3.42. The number of fused-ring (bicyclic) bond motifs is 1. The summed E-state index contributed by atoms with van der Waals surface area (Å²) in [5, 5.41) is 10.1. The number of carbonyl (C=O) groups is 1. The Morgan fingerprint density at radius 3 is 3.00 bits per heavy atom. The van der Waals surface area contributed by atoms with Crippen molar-refractivity contribution in [3.63, 3.8) is 0 Å². The Kier molecular flexibility index (Phi) is 2.91. The molecule has 0 aliphatic carbocycles. The first-order valence-electron chi connectivity index (χ1n) is 6.17. The number of carbonyl (C=O) groups excluding carboxylic acids is 1. The number of β-amino-alcohol motifs (C(OH)–C–C–N with tert-alkyl or cyclic N) is 1. The van der Waals surface area contributed by atoms with Crippen molar-refractivity contribution in [1.29, 1.82) is 0 Å². The Hall–Kier alpha value is -2.01. The van der Waals surface area contributed by atoms with Crippen molar-refractivity contribution in [2.75, 3.05) is 20.2 Å². The molecule has 0 spiro atoms. The molecule has 0 unspecified atom stereocenters. The van der Waals surface area contributed by atoms with Crippen molar-refractivity contribution in [2.24, 2.45) is 0 Å². The summed E-state index contributed by atoms with van der Waals surface area (Å²) in [7, 11) is 1.60. The van der Waals surface area contributed by atoms with Crippen LogP contribution in [0.4, 0.5) is 0 Å². The van der Waals surface area contributed by atoms with E-state index < -0.39 is 0 Å². The zero-order chi connectivity index (χ0) is 13.4. The van der Waals surface area contributed by atoms with Crippen LogP contribution in [0.1, 0.15) is 5.56 Å². The average Bonchev–Trinajstić information content (AvgIpc) is 2.77. The second-order valence-electron chi connectivity index (χ2n) is 4.75.